The highest BCUT2D eigenvalue weighted by molar-refractivity contribution is 7.91. The Kier molecular flexibility index (Phi) is 5.89. The second-order valence-corrected chi connectivity index (χ2v) is 10.2. The maximum Gasteiger partial charge on any atom is 0.227 e. The average molecular weight is 393 g/mol. The molecule has 1 saturated carbocycles. The van der Waals surface area contributed by atoms with Gasteiger partial charge in [-0.25, -0.2) is 8.42 Å². The third kappa shape index (κ3) is 5.09. The standard InChI is InChI=1S/C20H28N2O4S/c1-13-3-8-18(14(2)11-13)22-20(24)16-6-4-15(5-7-16)19(23)21-17-9-10-27(25,26)12-17/h3,8,11,15-17H,4-7,9-10,12H2,1-2H3,(H,21,23)(H,22,24). The number of aryl methyl sites for hydroxylation is 2. The Balaban J connectivity index is 1.48. The summed E-state index contributed by atoms with van der Waals surface area (Å²) in [7, 11) is -3.00. The second kappa shape index (κ2) is 8.00. The van der Waals surface area contributed by atoms with E-state index in [2.05, 4.69) is 10.6 Å². The van der Waals surface area contributed by atoms with Crippen molar-refractivity contribution >= 4 is 27.3 Å². The molecule has 1 unspecified atom stereocenters. The lowest BCUT2D eigenvalue weighted by Crippen LogP contribution is -2.41. The van der Waals surface area contributed by atoms with E-state index >= 15 is 0 Å². The van der Waals surface area contributed by atoms with Crippen LogP contribution in [0.1, 0.15) is 43.2 Å². The van der Waals surface area contributed by atoms with Crippen molar-refractivity contribution in [1.29, 1.82) is 0 Å². The number of carbonyl (C=O) groups is 2. The van der Waals surface area contributed by atoms with Crippen LogP contribution in [0.3, 0.4) is 0 Å². The van der Waals surface area contributed by atoms with E-state index in [0.29, 0.717) is 32.1 Å². The monoisotopic (exact) mass is 392 g/mol. The van der Waals surface area contributed by atoms with Gasteiger partial charge in [0, 0.05) is 23.6 Å². The molecule has 2 N–H and O–H groups in total. The van der Waals surface area contributed by atoms with Gasteiger partial charge in [-0.2, -0.15) is 0 Å². The molecule has 0 spiro atoms. The molecule has 1 aliphatic carbocycles. The number of hydrogen-bond donors (Lipinski definition) is 2. The summed E-state index contributed by atoms with van der Waals surface area (Å²) >= 11 is 0. The molecule has 1 aromatic carbocycles. The summed E-state index contributed by atoms with van der Waals surface area (Å²) in [5.74, 6) is -0.0523. The molecule has 2 fully saturated rings. The number of rotatable bonds is 4. The first-order chi connectivity index (χ1) is 12.7. The normalized spacial score (nSPS) is 27.1. The SMILES string of the molecule is Cc1ccc(NC(=O)C2CCC(C(=O)NC3CCS(=O)(=O)C3)CC2)c(C)c1. The van der Waals surface area contributed by atoms with Crippen molar-refractivity contribution in [3.05, 3.63) is 29.3 Å². The minimum absolute atomic E-state index is 0.0164. The van der Waals surface area contributed by atoms with Gasteiger partial charge in [-0.15, -0.1) is 0 Å². The van der Waals surface area contributed by atoms with Crippen LogP contribution in [0, 0.1) is 25.7 Å². The van der Waals surface area contributed by atoms with Gasteiger partial charge < -0.3 is 10.6 Å². The third-order valence-electron chi connectivity index (χ3n) is 5.69. The minimum Gasteiger partial charge on any atom is -0.352 e. The van der Waals surface area contributed by atoms with Gasteiger partial charge in [-0.1, -0.05) is 17.7 Å². The quantitative estimate of drug-likeness (QED) is 0.823. The molecule has 27 heavy (non-hydrogen) atoms. The first-order valence-electron chi connectivity index (χ1n) is 9.62. The first-order valence-corrected chi connectivity index (χ1v) is 11.4. The van der Waals surface area contributed by atoms with Gasteiger partial charge in [0.25, 0.3) is 0 Å². The van der Waals surface area contributed by atoms with Crippen LogP contribution >= 0.6 is 0 Å². The third-order valence-corrected chi connectivity index (χ3v) is 7.46. The number of nitrogens with one attached hydrogen (secondary N) is 2. The van der Waals surface area contributed by atoms with Crippen LogP contribution in [0.15, 0.2) is 18.2 Å². The zero-order valence-corrected chi connectivity index (χ0v) is 16.8. The molecule has 3 rings (SSSR count). The predicted molar refractivity (Wildman–Crippen MR) is 105 cm³/mol. The molecule has 1 aromatic rings. The Morgan fingerprint density at radius 3 is 2.15 bits per heavy atom. The number of carbonyl (C=O) groups excluding carboxylic acids is 2. The van der Waals surface area contributed by atoms with Crippen LogP contribution in [0.4, 0.5) is 5.69 Å². The van der Waals surface area contributed by atoms with Crippen LogP contribution < -0.4 is 10.6 Å². The van der Waals surface area contributed by atoms with E-state index in [1.807, 2.05) is 32.0 Å². The van der Waals surface area contributed by atoms with Crippen LogP contribution in [0.2, 0.25) is 0 Å². The minimum atomic E-state index is -3.00. The second-order valence-electron chi connectivity index (χ2n) is 7.96. The summed E-state index contributed by atoms with van der Waals surface area (Å²) in [5, 5.41) is 5.89. The van der Waals surface area contributed by atoms with E-state index in [4.69, 9.17) is 0 Å². The molecule has 1 aliphatic heterocycles. The summed E-state index contributed by atoms with van der Waals surface area (Å²) in [4.78, 5) is 25.0. The molecule has 7 heteroatoms. The highest BCUT2D eigenvalue weighted by atomic mass is 32.2. The van der Waals surface area contributed by atoms with E-state index in [0.717, 1.165) is 16.8 Å². The van der Waals surface area contributed by atoms with Gasteiger partial charge in [0.05, 0.1) is 11.5 Å². The van der Waals surface area contributed by atoms with E-state index in [1.54, 1.807) is 0 Å². The van der Waals surface area contributed by atoms with Crippen molar-refractivity contribution in [2.24, 2.45) is 11.8 Å². The van der Waals surface area contributed by atoms with Crippen LogP contribution in [0.25, 0.3) is 0 Å². The number of benzene rings is 1. The molecule has 1 heterocycles. The summed E-state index contributed by atoms with van der Waals surface area (Å²) in [6.45, 7) is 4.00. The maximum atomic E-state index is 12.6. The lowest BCUT2D eigenvalue weighted by molar-refractivity contribution is -0.129. The fourth-order valence-electron chi connectivity index (χ4n) is 4.03. The van der Waals surface area contributed by atoms with Gasteiger partial charge in [-0.05, 0) is 57.6 Å². The lowest BCUT2D eigenvalue weighted by atomic mass is 9.81. The van der Waals surface area contributed by atoms with Gasteiger partial charge in [0.1, 0.15) is 0 Å². The smallest absolute Gasteiger partial charge is 0.227 e. The zero-order chi connectivity index (χ0) is 19.6. The fourth-order valence-corrected chi connectivity index (χ4v) is 5.71. The maximum absolute atomic E-state index is 12.6. The molecule has 0 aromatic heterocycles. The number of sulfone groups is 1. The first kappa shape index (κ1) is 19.9. The van der Waals surface area contributed by atoms with Gasteiger partial charge in [0.15, 0.2) is 9.84 Å². The zero-order valence-electron chi connectivity index (χ0n) is 16.0. The molecule has 1 atom stereocenters. The molecule has 2 aliphatic rings. The highest BCUT2D eigenvalue weighted by Gasteiger charge is 2.33. The van der Waals surface area contributed by atoms with Gasteiger partial charge in [-0.3, -0.25) is 9.59 Å². The molecular formula is C20H28N2O4S. The molecular weight excluding hydrogens is 364 g/mol. The number of anilines is 1. The molecule has 1 saturated heterocycles. The Morgan fingerprint density at radius 1 is 0.963 bits per heavy atom. The Hall–Kier alpha value is -1.89. The Morgan fingerprint density at radius 2 is 1.59 bits per heavy atom. The number of hydrogen-bond acceptors (Lipinski definition) is 4. The van der Waals surface area contributed by atoms with E-state index in [1.165, 1.54) is 0 Å². The van der Waals surface area contributed by atoms with Crippen LogP contribution in [-0.4, -0.2) is 37.8 Å². The van der Waals surface area contributed by atoms with Crippen molar-refractivity contribution in [3.63, 3.8) is 0 Å². The summed E-state index contributed by atoms with van der Waals surface area (Å²) in [6.07, 6.45) is 3.18. The topological polar surface area (TPSA) is 92.3 Å². The van der Waals surface area contributed by atoms with Crippen LogP contribution in [0.5, 0.6) is 0 Å². The molecule has 6 nitrogen and oxygen atoms in total. The van der Waals surface area contributed by atoms with E-state index < -0.39 is 9.84 Å². The van der Waals surface area contributed by atoms with E-state index in [9.17, 15) is 18.0 Å². The fraction of sp³-hybridized carbons (Fsp3) is 0.600. The summed E-state index contributed by atoms with van der Waals surface area (Å²) in [5.41, 5.74) is 3.04. The largest absolute Gasteiger partial charge is 0.352 e. The van der Waals surface area contributed by atoms with Crippen molar-refractivity contribution < 1.29 is 18.0 Å². The van der Waals surface area contributed by atoms with E-state index in [-0.39, 0.29) is 41.2 Å². The molecule has 0 radical (unpaired) electrons. The molecule has 148 valence electrons. The Labute approximate surface area is 161 Å². The van der Waals surface area contributed by atoms with Crippen molar-refractivity contribution in [2.45, 2.75) is 52.0 Å². The lowest BCUT2D eigenvalue weighted by Gasteiger charge is -2.28. The van der Waals surface area contributed by atoms with Gasteiger partial charge >= 0.3 is 0 Å². The average Bonchev–Trinajstić information content (AvgIpc) is 2.96. The summed E-state index contributed by atoms with van der Waals surface area (Å²) in [6, 6.07) is 5.69. The van der Waals surface area contributed by atoms with Crippen molar-refractivity contribution in [1.82, 2.24) is 5.32 Å². The van der Waals surface area contributed by atoms with Crippen molar-refractivity contribution in [3.8, 4) is 0 Å². The molecule has 0 bridgehead atoms. The molecule has 2 amide bonds. The Bertz CT molecular complexity index is 826. The van der Waals surface area contributed by atoms with Gasteiger partial charge in [0.2, 0.25) is 11.8 Å². The summed E-state index contributed by atoms with van der Waals surface area (Å²) < 4.78 is 23.0. The number of amides is 2. The van der Waals surface area contributed by atoms with Crippen molar-refractivity contribution in [2.75, 3.05) is 16.8 Å². The highest BCUT2D eigenvalue weighted by Crippen LogP contribution is 2.30. The van der Waals surface area contributed by atoms with Crippen LogP contribution in [-0.2, 0) is 19.4 Å². The predicted octanol–water partition coefficient (Wildman–Crippen LogP) is 2.35.